The first-order chi connectivity index (χ1) is 17.2. The molecule has 5 rings (SSSR count). The van der Waals surface area contributed by atoms with Gasteiger partial charge in [-0.15, -0.1) is 0 Å². The fourth-order valence-corrected chi connectivity index (χ4v) is 4.25. The van der Waals surface area contributed by atoms with Crippen LogP contribution in [0.25, 0.3) is 17.3 Å². The number of pyridine rings is 2. The number of aromatic nitrogens is 4. The molecule has 1 saturated heterocycles. The van der Waals surface area contributed by atoms with E-state index in [0.717, 1.165) is 42.1 Å². The Morgan fingerprint density at radius 3 is 2.46 bits per heavy atom. The van der Waals surface area contributed by atoms with Gasteiger partial charge in [-0.05, 0) is 35.9 Å². The molecule has 1 aliphatic rings. The minimum atomic E-state index is 0.0235. The number of rotatable bonds is 7. The van der Waals surface area contributed by atoms with Gasteiger partial charge in [0.15, 0.2) is 0 Å². The van der Waals surface area contributed by atoms with Crippen molar-refractivity contribution in [1.82, 2.24) is 29.5 Å². The summed E-state index contributed by atoms with van der Waals surface area (Å²) in [5, 5.41) is 4.80. The summed E-state index contributed by atoms with van der Waals surface area (Å²) in [6.07, 6.45) is 10.9. The van der Waals surface area contributed by atoms with E-state index >= 15 is 0 Å². The van der Waals surface area contributed by atoms with Crippen molar-refractivity contribution in [2.24, 2.45) is 0 Å². The van der Waals surface area contributed by atoms with Crippen LogP contribution in [-0.4, -0.2) is 61.6 Å². The van der Waals surface area contributed by atoms with Crippen molar-refractivity contribution >= 4 is 12.0 Å². The van der Waals surface area contributed by atoms with Crippen molar-refractivity contribution in [1.29, 1.82) is 0 Å². The molecule has 0 spiro atoms. The van der Waals surface area contributed by atoms with E-state index in [-0.39, 0.29) is 5.91 Å². The van der Waals surface area contributed by atoms with E-state index in [9.17, 15) is 4.79 Å². The summed E-state index contributed by atoms with van der Waals surface area (Å²) in [5.41, 5.74) is 4.87. The summed E-state index contributed by atoms with van der Waals surface area (Å²) in [6.45, 7) is 4.57. The zero-order valence-electron chi connectivity index (χ0n) is 19.6. The van der Waals surface area contributed by atoms with Gasteiger partial charge < -0.3 is 4.90 Å². The monoisotopic (exact) mass is 464 g/mol. The Balaban J connectivity index is 1.26. The lowest BCUT2D eigenvalue weighted by Crippen LogP contribution is -2.47. The van der Waals surface area contributed by atoms with E-state index in [4.69, 9.17) is 5.10 Å². The molecule has 7 heteroatoms. The van der Waals surface area contributed by atoms with Gasteiger partial charge in [0, 0.05) is 74.7 Å². The zero-order chi connectivity index (χ0) is 23.9. The van der Waals surface area contributed by atoms with Crippen LogP contribution in [0.15, 0.2) is 91.5 Å². The van der Waals surface area contributed by atoms with Gasteiger partial charge in [-0.3, -0.25) is 24.3 Å². The quantitative estimate of drug-likeness (QED) is 0.390. The van der Waals surface area contributed by atoms with Crippen LogP contribution in [0.3, 0.4) is 0 Å². The van der Waals surface area contributed by atoms with Gasteiger partial charge in [0.2, 0.25) is 5.91 Å². The Bertz CT molecular complexity index is 1260. The van der Waals surface area contributed by atoms with Crippen LogP contribution in [0.2, 0.25) is 0 Å². The molecule has 0 N–H and O–H groups in total. The molecule has 1 aromatic carbocycles. The molecule has 1 fully saturated rings. The summed E-state index contributed by atoms with van der Waals surface area (Å²) >= 11 is 0. The highest BCUT2D eigenvalue weighted by Gasteiger charge is 2.20. The Hall–Kier alpha value is -4.10. The highest BCUT2D eigenvalue weighted by Crippen LogP contribution is 2.23. The number of amides is 1. The second kappa shape index (κ2) is 10.9. The third-order valence-electron chi connectivity index (χ3n) is 6.11. The van der Waals surface area contributed by atoms with Gasteiger partial charge >= 0.3 is 0 Å². The lowest BCUT2D eigenvalue weighted by atomic mass is 10.1. The maximum absolute atomic E-state index is 13.0. The molecule has 176 valence electrons. The van der Waals surface area contributed by atoms with Crippen LogP contribution >= 0.6 is 0 Å². The molecular weight excluding hydrogens is 436 g/mol. The van der Waals surface area contributed by atoms with E-state index in [0.29, 0.717) is 19.6 Å². The fourth-order valence-electron chi connectivity index (χ4n) is 4.25. The maximum Gasteiger partial charge on any atom is 0.246 e. The molecule has 0 atom stereocenters. The first-order valence-electron chi connectivity index (χ1n) is 11.9. The molecule has 0 unspecified atom stereocenters. The van der Waals surface area contributed by atoms with Crippen molar-refractivity contribution in [3.05, 3.63) is 108 Å². The molecule has 3 aromatic heterocycles. The highest BCUT2D eigenvalue weighted by molar-refractivity contribution is 5.92. The first-order valence-corrected chi connectivity index (χ1v) is 11.9. The van der Waals surface area contributed by atoms with Gasteiger partial charge in [0.05, 0.1) is 12.2 Å². The van der Waals surface area contributed by atoms with Crippen molar-refractivity contribution in [3.8, 4) is 11.3 Å². The van der Waals surface area contributed by atoms with Crippen molar-refractivity contribution in [2.75, 3.05) is 26.2 Å². The number of piperazine rings is 1. The number of benzene rings is 1. The minimum Gasteiger partial charge on any atom is -0.337 e. The van der Waals surface area contributed by atoms with Crippen LogP contribution in [0, 0.1) is 0 Å². The van der Waals surface area contributed by atoms with Gasteiger partial charge in [-0.25, -0.2) is 0 Å². The summed E-state index contributed by atoms with van der Waals surface area (Å²) < 4.78 is 1.91. The number of hydrogen-bond acceptors (Lipinski definition) is 5. The third kappa shape index (κ3) is 5.88. The van der Waals surface area contributed by atoms with E-state index < -0.39 is 0 Å². The zero-order valence-corrected chi connectivity index (χ0v) is 19.6. The number of hydrogen-bond donors (Lipinski definition) is 0. The van der Waals surface area contributed by atoms with E-state index in [2.05, 4.69) is 27.0 Å². The van der Waals surface area contributed by atoms with Crippen molar-refractivity contribution in [3.63, 3.8) is 0 Å². The van der Waals surface area contributed by atoms with Crippen LogP contribution in [0.5, 0.6) is 0 Å². The SMILES string of the molecule is O=C(/C=C/c1cn(Cc2ccccc2)nc1-c1cccnc1)N1CCN(Cc2ccccn2)CC1. The largest absolute Gasteiger partial charge is 0.337 e. The van der Waals surface area contributed by atoms with E-state index in [1.54, 1.807) is 18.5 Å². The molecule has 0 bridgehead atoms. The molecule has 1 aliphatic heterocycles. The Kier molecular flexibility index (Phi) is 7.05. The average Bonchev–Trinajstić information content (AvgIpc) is 3.32. The molecule has 0 saturated carbocycles. The average molecular weight is 465 g/mol. The van der Waals surface area contributed by atoms with Gasteiger partial charge in [0.25, 0.3) is 0 Å². The van der Waals surface area contributed by atoms with Crippen LogP contribution < -0.4 is 0 Å². The minimum absolute atomic E-state index is 0.0235. The predicted molar refractivity (Wildman–Crippen MR) is 136 cm³/mol. The molecule has 35 heavy (non-hydrogen) atoms. The van der Waals surface area contributed by atoms with Gasteiger partial charge in [-0.2, -0.15) is 5.10 Å². The Morgan fingerprint density at radius 2 is 1.71 bits per heavy atom. The summed E-state index contributed by atoms with van der Waals surface area (Å²) in [4.78, 5) is 25.8. The first kappa shape index (κ1) is 22.7. The van der Waals surface area contributed by atoms with Crippen molar-refractivity contribution in [2.45, 2.75) is 13.1 Å². The van der Waals surface area contributed by atoms with Crippen LogP contribution in [-0.2, 0) is 17.9 Å². The lowest BCUT2D eigenvalue weighted by Gasteiger charge is -2.34. The van der Waals surface area contributed by atoms with Crippen LogP contribution in [0.4, 0.5) is 0 Å². The Labute approximate surface area is 205 Å². The number of carbonyl (C=O) groups excluding carboxylic acids is 1. The summed E-state index contributed by atoms with van der Waals surface area (Å²) in [6, 6.07) is 20.1. The standard InChI is InChI=1S/C28H28N6O/c35-27(33-17-15-32(16-18-33)22-26-10-4-5-14-30-26)12-11-25-21-34(20-23-7-2-1-3-8-23)31-28(25)24-9-6-13-29-19-24/h1-14,19,21H,15-18,20,22H2/b12-11+. The van der Waals surface area contributed by atoms with Gasteiger partial charge in [-0.1, -0.05) is 36.4 Å². The normalized spacial score (nSPS) is 14.5. The second-order valence-corrected chi connectivity index (χ2v) is 8.61. The maximum atomic E-state index is 13.0. The third-order valence-corrected chi connectivity index (χ3v) is 6.11. The second-order valence-electron chi connectivity index (χ2n) is 8.61. The molecule has 4 heterocycles. The Morgan fingerprint density at radius 1 is 0.886 bits per heavy atom. The number of nitrogens with zero attached hydrogens (tertiary/aromatic N) is 6. The molecule has 0 aliphatic carbocycles. The summed E-state index contributed by atoms with van der Waals surface area (Å²) in [7, 11) is 0. The molecule has 0 radical (unpaired) electrons. The fraction of sp³-hybridized carbons (Fsp3) is 0.214. The summed E-state index contributed by atoms with van der Waals surface area (Å²) in [5.74, 6) is 0.0235. The molecule has 4 aromatic rings. The highest BCUT2D eigenvalue weighted by atomic mass is 16.2. The smallest absolute Gasteiger partial charge is 0.246 e. The predicted octanol–water partition coefficient (Wildman–Crippen LogP) is 3.75. The van der Waals surface area contributed by atoms with E-state index in [1.165, 1.54) is 5.56 Å². The molecule has 1 amide bonds. The number of carbonyl (C=O) groups is 1. The molecule has 7 nitrogen and oxygen atoms in total. The molecular formula is C28H28N6O. The van der Waals surface area contributed by atoms with Gasteiger partial charge in [0.1, 0.15) is 5.69 Å². The lowest BCUT2D eigenvalue weighted by molar-refractivity contribution is -0.127. The topological polar surface area (TPSA) is 67.2 Å². The van der Waals surface area contributed by atoms with E-state index in [1.807, 2.05) is 76.6 Å². The van der Waals surface area contributed by atoms with Crippen LogP contribution in [0.1, 0.15) is 16.8 Å². The van der Waals surface area contributed by atoms with Crippen molar-refractivity contribution < 1.29 is 4.79 Å².